The van der Waals surface area contributed by atoms with Crippen LogP contribution in [0.5, 0.6) is 5.75 Å². The van der Waals surface area contributed by atoms with E-state index in [0.29, 0.717) is 12.2 Å². The second-order valence-electron chi connectivity index (χ2n) is 4.60. The quantitative estimate of drug-likeness (QED) is 0.796. The Morgan fingerprint density at radius 3 is 2.95 bits per heavy atom. The third-order valence-electron chi connectivity index (χ3n) is 3.11. The molecule has 1 aromatic carbocycles. The molecule has 0 saturated carbocycles. The van der Waals surface area contributed by atoms with Gasteiger partial charge in [0.15, 0.2) is 5.11 Å². The molecule has 1 aliphatic heterocycles. The first kappa shape index (κ1) is 15.7. The van der Waals surface area contributed by atoms with Gasteiger partial charge in [-0.15, -0.1) is 0 Å². The predicted molar refractivity (Wildman–Crippen MR) is 88.0 cm³/mol. The molecule has 0 aromatic heterocycles. The summed E-state index contributed by atoms with van der Waals surface area (Å²) in [5.74, 6) is 0.828. The van der Waals surface area contributed by atoms with Crippen molar-refractivity contribution in [2.24, 2.45) is 5.73 Å². The lowest BCUT2D eigenvalue weighted by molar-refractivity contribution is 0.381. The first-order valence-corrected chi connectivity index (χ1v) is 7.07. The molecule has 22 heavy (non-hydrogen) atoms. The van der Waals surface area contributed by atoms with Gasteiger partial charge in [0.25, 0.3) is 0 Å². The van der Waals surface area contributed by atoms with Gasteiger partial charge in [0, 0.05) is 18.9 Å². The molecular weight excluding hydrogens is 298 g/mol. The van der Waals surface area contributed by atoms with Crippen LogP contribution in [0.1, 0.15) is 5.56 Å². The summed E-state index contributed by atoms with van der Waals surface area (Å²) in [5.41, 5.74) is 9.81. The molecule has 2 rings (SSSR count). The highest BCUT2D eigenvalue weighted by Gasteiger charge is 2.13. The summed E-state index contributed by atoms with van der Waals surface area (Å²) in [6.45, 7) is 0.684. The lowest BCUT2D eigenvalue weighted by Gasteiger charge is -2.27. The zero-order valence-electron chi connectivity index (χ0n) is 12.2. The zero-order chi connectivity index (χ0) is 15.9. The minimum Gasteiger partial charge on any atom is -0.497 e. The molecular formula is C15H17N5OS. The SMILES string of the molecule is COc1cccc(CCN2C=CN(NC(N)=S)C=C2C#N)c1. The predicted octanol–water partition coefficient (Wildman–Crippen LogP) is 1.44. The Bertz CT molecular complexity index is 650. The van der Waals surface area contributed by atoms with Gasteiger partial charge >= 0.3 is 0 Å². The second-order valence-corrected chi connectivity index (χ2v) is 5.04. The number of benzene rings is 1. The summed E-state index contributed by atoms with van der Waals surface area (Å²) in [6, 6.07) is 10.0. The molecule has 0 fully saturated rings. The van der Waals surface area contributed by atoms with E-state index in [4.69, 9.17) is 22.7 Å². The summed E-state index contributed by atoms with van der Waals surface area (Å²) in [5, 5.41) is 11.0. The number of methoxy groups -OCH3 is 1. The lowest BCUT2D eigenvalue weighted by atomic mass is 10.1. The Hall–Kier alpha value is -2.72. The molecule has 0 saturated heterocycles. The largest absolute Gasteiger partial charge is 0.497 e. The van der Waals surface area contributed by atoms with Gasteiger partial charge in [0.2, 0.25) is 0 Å². The normalized spacial score (nSPS) is 13.4. The molecule has 1 aliphatic rings. The third-order valence-corrected chi connectivity index (χ3v) is 3.20. The van der Waals surface area contributed by atoms with Crippen molar-refractivity contribution in [3.63, 3.8) is 0 Å². The maximum absolute atomic E-state index is 9.26. The van der Waals surface area contributed by atoms with E-state index in [9.17, 15) is 5.26 Å². The smallest absolute Gasteiger partial charge is 0.183 e. The van der Waals surface area contributed by atoms with E-state index in [2.05, 4.69) is 11.5 Å². The monoisotopic (exact) mass is 315 g/mol. The number of nitrogens with two attached hydrogens (primary N) is 1. The highest BCUT2D eigenvalue weighted by Crippen LogP contribution is 2.16. The van der Waals surface area contributed by atoms with E-state index in [-0.39, 0.29) is 5.11 Å². The summed E-state index contributed by atoms with van der Waals surface area (Å²) in [6.07, 6.45) is 6.00. The molecule has 0 amide bonds. The third kappa shape index (κ3) is 4.14. The standard InChI is InChI=1S/C15H17N5OS/c1-21-14-4-2-3-12(9-14)5-6-19-7-8-20(18-15(17)22)11-13(19)10-16/h2-4,7-9,11H,5-6H2,1H3,(H3,17,18,22). The van der Waals surface area contributed by atoms with Crippen LogP contribution < -0.4 is 15.9 Å². The van der Waals surface area contributed by atoms with E-state index in [1.165, 1.54) is 0 Å². The van der Waals surface area contributed by atoms with E-state index >= 15 is 0 Å². The van der Waals surface area contributed by atoms with Gasteiger partial charge < -0.3 is 15.4 Å². The van der Waals surface area contributed by atoms with Crippen LogP contribution in [-0.2, 0) is 6.42 Å². The van der Waals surface area contributed by atoms with Crippen LogP contribution in [-0.4, -0.2) is 28.7 Å². The van der Waals surface area contributed by atoms with Crippen molar-refractivity contribution in [3.8, 4) is 11.8 Å². The number of nitrogens with one attached hydrogen (secondary N) is 1. The van der Waals surface area contributed by atoms with Crippen LogP contribution in [0.25, 0.3) is 0 Å². The molecule has 0 radical (unpaired) electrons. The molecule has 114 valence electrons. The Labute approximate surface area is 135 Å². The Morgan fingerprint density at radius 2 is 2.27 bits per heavy atom. The number of allylic oxidation sites excluding steroid dienone is 1. The number of nitriles is 1. The van der Waals surface area contributed by atoms with E-state index < -0.39 is 0 Å². The molecule has 0 aliphatic carbocycles. The van der Waals surface area contributed by atoms with Gasteiger partial charge in [-0.3, -0.25) is 10.4 Å². The number of hydrogen-bond donors (Lipinski definition) is 2. The molecule has 1 heterocycles. The number of hydrogen-bond acceptors (Lipinski definition) is 5. The highest BCUT2D eigenvalue weighted by atomic mass is 32.1. The average molecular weight is 315 g/mol. The van der Waals surface area contributed by atoms with Crippen molar-refractivity contribution >= 4 is 17.3 Å². The molecule has 0 unspecified atom stereocenters. The van der Waals surface area contributed by atoms with Crippen LogP contribution in [0.2, 0.25) is 0 Å². The number of hydrazine groups is 1. The second kappa shape index (κ2) is 7.33. The first-order valence-electron chi connectivity index (χ1n) is 6.66. The fourth-order valence-electron chi connectivity index (χ4n) is 2.04. The molecule has 3 N–H and O–H groups in total. The van der Waals surface area contributed by atoms with E-state index in [1.54, 1.807) is 24.5 Å². The summed E-state index contributed by atoms with van der Waals surface area (Å²) in [7, 11) is 1.65. The van der Waals surface area contributed by atoms with Crippen molar-refractivity contribution in [2.75, 3.05) is 13.7 Å². The fraction of sp³-hybridized carbons (Fsp3) is 0.200. The maximum Gasteiger partial charge on any atom is 0.183 e. The summed E-state index contributed by atoms with van der Waals surface area (Å²) in [4.78, 5) is 1.87. The van der Waals surface area contributed by atoms with Crippen molar-refractivity contribution in [1.82, 2.24) is 15.3 Å². The topological polar surface area (TPSA) is 77.6 Å². The summed E-state index contributed by atoms with van der Waals surface area (Å²) < 4.78 is 5.21. The van der Waals surface area contributed by atoms with E-state index in [1.807, 2.05) is 35.4 Å². The molecule has 7 heteroatoms. The van der Waals surface area contributed by atoms with Gasteiger partial charge in [0.05, 0.1) is 13.3 Å². The molecule has 1 aromatic rings. The van der Waals surface area contributed by atoms with Crippen LogP contribution in [0.15, 0.2) is 48.6 Å². The lowest BCUT2D eigenvalue weighted by Crippen LogP contribution is -2.41. The van der Waals surface area contributed by atoms with E-state index in [0.717, 1.165) is 17.7 Å². The van der Waals surface area contributed by atoms with Crippen LogP contribution in [0, 0.1) is 11.3 Å². The van der Waals surface area contributed by atoms with Crippen molar-refractivity contribution in [3.05, 3.63) is 54.1 Å². The zero-order valence-corrected chi connectivity index (χ0v) is 13.0. The van der Waals surface area contributed by atoms with Gasteiger partial charge in [-0.05, 0) is 36.3 Å². The van der Waals surface area contributed by atoms with Crippen molar-refractivity contribution < 1.29 is 4.74 Å². The van der Waals surface area contributed by atoms with Crippen molar-refractivity contribution in [1.29, 1.82) is 5.26 Å². The number of thiocarbonyl (C=S) groups is 1. The van der Waals surface area contributed by atoms with Gasteiger partial charge in [-0.2, -0.15) is 5.26 Å². The minimum atomic E-state index is 0.142. The fourth-order valence-corrected chi connectivity index (χ4v) is 2.15. The Kier molecular flexibility index (Phi) is 5.22. The van der Waals surface area contributed by atoms with Crippen LogP contribution >= 0.6 is 12.2 Å². The highest BCUT2D eigenvalue weighted by molar-refractivity contribution is 7.80. The Balaban J connectivity index is 1.99. The maximum atomic E-state index is 9.26. The van der Waals surface area contributed by atoms with Gasteiger partial charge in [-0.1, -0.05) is 12.1 Å². The van der Waals surface area contributed by atoms with Crippen molar-refractivity contribution in [2.45, 2.75) is 6.42 Å². The first-order chi connectivity index (χ1) is 10.6. The van der Waals surface area contributed by atoms with Gasteiger partial charge in [0.1, 0.15) is 17.5 Å². The average Bonchev–Trinajstić information content (AvgIpc) is 2.53. The number of nitrogens with zero attached hydrogens (tertiary/aromatic N) is 3. The number of rotatable bonds is 5. The molecule has 0 atom stereocenters. The summed E-state index contributed by atoms with van der Waals surface area (Å²) >= 11 is 4.77. The van der Waals surface area contributed by atoms with Crippen LogP contribution in [0.3, 0.4) is 0 Å². The molecule has 6 nitrogen and oxygen atoms in total. The van der Waals surface area contributed by atoms with Crippen LogP contribution in [0.4, 0.5) is 0 Å². The molecule has 0 spiro atoms. The molecule has 0 bridgehead atoms. The minimum absolute atomic E-state index is 0.142. The Morgan fingerprint density at radius 1 is 1.45 bits per heavy atom. The van der Waals surface area contributed by atoms with Gasteiger partial charge in [-0.25, -0.2) is 0 Å². The number of ether oxygens (including phenoxy) is 1.